The molecule has 0 bridgehead atoms. The zero-order valence-electron chi connectivity index (χ0n) is 17.1. The van der Waals surface area contributed by atoms with E-state index in [0.717, 1.165) is 17.8 Å². The SMILES string of the molecule is CC(C)(C)c1cc(NC(=O)C2CCN(C(=O)c3ccc(C(F)(F)F)cc3)CC2)n[nH]1. The standard InChI is InChI=1S/C21H25F3N4O2/c1-20(2,3)16-12-17(27-26-16)25-18(29)13-8-10-28(11-9-13)19(30)14-4-6-15(7-5-14)21(22,23)24/h4-7,12-13H,8-11H2,1-3H3,(H2,25,26,27,29). The van der Waals surface area contributed by atoms with Crippen LogP contribution in [-0.4, -0.2) is 40.0 Å². The Bertz CT molecular complexity index is 906. The van der Waals surface area contributed by atoms with Gasteiger partial charge in [0.25, 0.3) is 5.91 Å². The smallest absolute Gasteiger partial charge is 0.339 e. The number of benzene rings is 1. The van der Waals surface area contributed by atoms with Gasteiger partial charge in [0.15, 0.2) is 5.82 Å². The van der Waals surface area contributed by atoms with Crippen LogP contribution in [0.2, 0.25) is 0 Å². The maximum atomic E-state index is 12.7. The molecule has 9 heteroatoms. The molecule has 3 rings (SSSR count). The van der Waals surface area contributed by atoms with Gasteiger partial charge in [-0.25, -0.2) is 0 Å². The molecule has 2 amide bonds. The third kappa shape index (κ3) is 5.01. The molecule has 0 aliphatic carbocycles. The van der Waals surface area contributed by atoms with E-state index in [0.29, 0.717) is 31.7 Å². The summed E-state index contributed by atoms with van der Waals surface area (Å²) in [6.07, 6.45) is -3.47. The van der Waals surface area contributed by atoms with Crippen LogP contribution in [0.3, 0.4) is 0 Å². The van der Waals surface area contributed by atoms with Crippen LogP contribution in [0.15, 0.2) is 30.3 Å². The Hall–Kier alpha value is -2.84. The predicted molar refractivity (Wildman–Crippen MR) is 106 cm³/mol. The van der Waals surface area contributed by atoms with E-state index in [1.807, 2.05) is 20.8 Å². The zero-order valence-corrected chi connectivity index (χ0v) is 17.1. The van der Waals surface area contributed by atoms with Crippen molar-refractivity contribution in [2.24, 2.45) is 5.92 Å². The molecule has 1 fully saturated rings. The Morgan fingerprint density at radius 1 is 1.10 bits per heavy atom. The number of piperidine rings is 1. The number of amides is 2. The highest BCUT2D eigenvalue weighted by Gasteiger charge is 2.31. The molecule has 1 aliphatic rings. The number of halogens is 3. The van der Waals surface area contributed by atoms with Crippen molar-refractivity contribution in [1.29, 1.82) is 0 Å². The zero-order chi connectivity index (χ0) is 22.1. The lowest BCUT2D eigenvalue weighted by atomic mass is 9.92. The number of nitrogens with zero attached hydrogens (tertiary/aromatic N) is 2. The maximum Gasteiger partial charge on any atom is 0.416 e. The number of hydrogen-bond donors (Lipinski definition) is 2. The van der Waals surface area contributed by atoms with Crippen LogP contribution in [0.5, 0.6) is 0 Å². The number of carbonyl (C=O) groups excluding carboxylic acids is 2. The van der Waals surface area contributed by atoms with E-state index in [1.165, 1.54) is 12.1 Å². The Labute approximate surface area is 172 Å². The van der Waals surface area contributed by atoms with Gasteiger partial charge < -0.3 is 10.2 Å². The summed E-state index contributed by atoms with van der Waals surface area (Å²) >= 11 is 0. The first kappa shape index (κ1) is 21.9. The number of aromatic amines is 1. The molecule has 30 heavy (non-hydrogen) atoms. The lowest BCUT2D eigenvalue weighted by Gasteiger charge is -2.31. The van der Waals surface area contributed by atoms with Crippen molar-refractivity contribution in [3.63, 3.8) is 0 Å². The lowest BCUT2D eigenvalue weighted by Crippen LogP contribution is -2.41. The fourth-order valence-electron chi connectivity index (χ4n) is 3.33. The number of nitrogens with one attached hydrogen (secondary N) is 2. The summed E-state index contributed by atoms with van der Waals surface area (Å²) in [4.78, 5) is 26.7. The largest absolute Gasteiger partial charge is 0.416 e. The number of likely N-dealkylation sites (tertiary alicyclic amines) is 1. The quantitative estimate of drug-likeness (QED) is 0.778. The number of alkyl halides is 3. The van der Waals surface area contributed by atoms with Crippen molar-refractivity contribution in [3.05, 3.63) is 47.2 Å². The first-order chi connectivity index (χ1) is 13.9. The molecule has 6 nitrogen and oxygen atoms in total. The summed E-state index contributed by atoms with van der Waals surface area (Å²) in [6, 6.07) is 6.00. The fourth-order valence-corrected chi connectivity index (χ4v) is 3.33. The van der Waals surface area contributed by atoms with Gasteiger partial charge in [0.2, 0.25) is 5.91 Å². The fraction of sp³-hybridized carbons (Fsp3) is 0.476. The lowest BCUT2D eigenvalue weighted by molar-refractivity contribution is -0.137. The predicted octanol–water partition coefficient (Wildman–Crippen LogP) is 4.22. The molecule has 1 aliphatic heterocycles. The second-order valence-corrected chi connectivity index (χ2v) is 8.55. The minimum absolute atomic E-state index is 0.111. The monoisotopic (exact) mass is 422 g/mol. The Morgan fingerprint density at radius 2 is 1.70 bits per heavy atom. The summed E-state index contributed by atoms with van der Waals surface area (Å²) in [5.74, 6) is -0.266. The molecule has 2 aromatic rings. The number of anilines is 1. The van der Waals surface area contributed by atoms with Crippen LogP contribution in [0.1, 0.15) is 55.2 Å². The molecular formula is C21H25F3N4O2. The van der Waals surface area contributed by atoms with Crippen molar-refractivity contribution in [2.45, 2.75) is 45.2 Å². The molecule has 0 atom stereocenters. The van der Waals surface area contributed by atoms with Gasteiger partial charge >= 0.3 is 6.18 Å². The molecule has 162 valence electrons. The van der Waals surface area contributed by atoms with Gasteiger partial charge in [0, 0.05) is 41.7 Å². The highest BCUT2D eigenvalue weighted by molar-refractivity contribution is 5.95. The van der Waals surface area contributed by atoms with Gasteiger partial charge in [0.1, 0.15) is 0 Å². The van der Waals surface area contributed by atoms with Gasteiger partial charge in [-0.1, -0.05) is 20.8 Å². The number of aromatic nitrogens is 2. The molecule has 2 N–H and O–H groups in total. The average Bonchev–Trinajstić information content (AvgIpc) is 3.16. The number of hydrogen-bond acceptors (Lipinski definition) is 3. The van der Waals surface area contributed by atoms with E-state index >= 15 is 0 Å². The van der Waals surface area contributed by atoms with Crippen molar-refractivity contribution in [3.8, 4) is 0 Å². The van der Waals surface area contributed by atoms with E-state index in [4.69, 9.17) is 0 Å². The molecule has 0 saturated carbocycles. The van der Waals surface area contributed by atoms with Crippen LogP contribution in [0.25, 0.3) is 0 Å². The number of carbonyl (C=O) groups is 2. The molecule has 2 heterocycles. The normalized spacial score (nSPS) is 15.9. The van der Waals surface area contributed by atoms with Crippen molar-refractivity contribution in [1.82, 2.24) is 15.1 Å². The first-order valence-corrected chi connectivity index (χ1v) is 9.78. The first-order valence-electron chi connectivity index (χ1n) is 9.78. The molecular weight excluding hydrogens is 397 g/mol. The second kappa shape index (κ2) is 8.12. The molecule has 0 radical (unpaired) electrons. The molecule has 0 spiro atoms. The molecule has 1 aromatic heterocycles. The van der Waals surface area contributed by atoms with Crippen LogP contribution in [-0.2, 0) is 16.4 Å². The van der Waals surface area contributed by atoms with E-state index < -0.39 is 11.7 Å². The Kier molecular flexibility index (Phi) is 5.92. The van der Waals surface area contributed by atoms with Gasteiger partial charge in [0.05, 0.1) is 5.56 Å². The van der Waals surface area contributed by atoms with Crippen LogP contribution >= 0.6 is 0 Å². The minimum Gasteiger partial charge on any atom is -0.339 e. The van der Waals surface area contributed by atoms with Gasteiger partial charge in [-0.3, -0.25) is 14.7 Å². The topological polar surface area (TPSA) is 78.1 Å². The third-order valence-electron chi connectivity index (χ3n) is 5.25. The third-order valence-corrected chi connectivity index (χ3v) is 5.25. The van der Waals surface area contributed by atoms with Crippen LogP contribution < -0.4 is 5.32 Å². The number of rotatable bonds is 3. The van der Waals surface area contributed by atoms with E-state index in [-0.39, 0.29) is 28.7 Å². The van der Waals surface area contributed by atoms with E-state index in [2.05, 4.69) is 15.5 Å². The van der Waals surface area contributed by atoms with E-state index in [1.54, 1.807) is 11.0 Å². The maximum absolute atomic E-state index is 12.7. The summed E-state index contributed by atoms with van der Waals surface area (Å²) < 4.78 is 38.0. The minimum atomic E-state index is -4.44. The molecule has 1 aromatic carbocycles. The Balaban J connectivity index is 1.54. The van der Waals surface area contributed by atoms with Gasteiger partial charge in [-0.2, -0.15) is 18.3 Å². The van der Waals surface area contributed by atoms with Crippen LogP contribution in [0.4, 0.5) is 19.0 Å². The summed E-state index contributed by atoms with van der Waals surface area (Å²) in [5.41, 5.74) is 0.217. The summed E-state index contributed by atoms with van der Waals surface area (Å²) in [7, 11) is 0. The van der Waals surface area contributed by atoms with Crippen LogP contribution in [0, 0.1) is 5.92 Å². The Morgan fingerprint density at radius 3 is 2.20 bits per heavy atom. The second-order valence-electron chi connectivity index (χ2n) is 8.55. The van der Waals surface area contributed by atoms with Crippen molar-refractivity contribution in [2.75, 3.05) is 18.4 Å². The van der Waals surface area contributed by atoms with Crippen molar-refractivity contribution >= 4 is 17.6 Å². The highest BCUT2D eigenvalue weighted by Crippen LogP contribution is 2.29. The van der Waals surface area contributed by atoms with E-state index in [9.17, 15) is 22.8 Å². The average molecular weight is 422 g/mol. The molecule has 1 saturated heterocycles. The highest BCUT2D eigenvalue weighted by atomic mass is 19.4. The molecule has 0 unspecified atom stereocenters. The van der Waals surface area contributed by atoms with Gasteiger partial charge in [-0.15, -0.1) is 0 Å². The van der Waals surface area contributed by atoms with Gasteiger partial charge in [-0.05, 0) is 37.1 Å². The number of H-pyrrole nitrogens is 1. The van der Waals surface area contributed by atoms with Crippen molar-refractivity contribution < 1.29 is 22.8 Å². The summed E-state index contributed by atoms with van der Waals surface area (Å²) in [6.45, 7) is 6.85. The summed E-state index contributed by atoms with van der Waals surface area (Å²) in [5, 5.41) is 9.85.